The van der Waals surface area contributed by atoms with Gasteiger partial charge < -0.3 is 4.74 Å². The lowest BCUT2D eigenvalue weighted by Crippen LogP contribution is -2.09. The Hall–Kier alpha value is -1.72. The van der Waals surface area contributed by atoms with Crippen molar-refractivity contribution in [1.82, 2.24) is 0 Å². The molecule has 0 aromatic heterocycles. The van der Waals surface area contributed by atoms with Crippen molar-refractivity contribution >= 4 is 9.84 Å². The molecule has 1 aromatic rings. The molecular weight excluding hydrogens is 242 g/mol. The Bertz CT molecular complexity index is 521. The molecule has 0 aliphatic rings. The molecule has 0 amide bonds. The van der Waals surface area contributed by atoms with Gasteiger partial charge in [-0.3, -0.25) is 0 Å². The third-order valence-electron chi connectivity index (χ3n) is 2.14. The van der Waals surface area contributed by atoms with Crippen LogP contribution in [0.3, 0.4) is 0 Å². The average Bonchev–Trinajstić information content (AvgIpc) is 2.34. The van der Waals surface area contributed by atoms with Crippen LogP contribution >= 0.6 is 0 Å². The summed E-state index contributed by atoms with van der Waals surface area (Å²) in [4.78, 5) is 2.74. The minimum absolute atomic E-state index is 0.0631. The lowest BCUT2D eigenvalue weighted by atomic mass is 10.3. The van der Waals surface area contributed by atoms with E-state index in [-0.39, 0.29) is 17.2 Å². The summed E-state index contributed by atoms with van der Waals surface area (Å²) in [7, 11) is -1.97. The van der Waals surface area contributed by atoms with Crippen LogP contribution in [-0.2, 0) is 9.84 Å². The van der Waals surface area contributed by atoms with Gasteiger partial charge in [-0.05, 0) is 24.1 Å². The molecule has 0 N–H and O–H groups in total. The number of para-hydroxylation sites is 1. The average molecular weight is 255 g/mol. The molecule has 1 rings (SSSR count). The molecule has 0 saturated carbocycles. The van der Waals surface area contributed by atoms with Gasteiger partial charge in [-0.1, -0.05) is 17.2 Å². The summed E-state index contributed by atoms with van der Waals surface area (Å²) < 4.78 is 28.9. The summed E-state index contributed by atoms with van der Waals surface area (Å²) in [6.07, 6.45) is 0.296. The number of ether oxygens (including phenoxy) is 1. The van der Waals surface area contributed by atoms with E-state index in [4.69, 9.17) is 10.3 Å². The largest absolute Gasteiger partial charge is 0.495 e. The van der Waals surface area contributed by atoms with Gasteiger partial charge in [-0.15, -0.1) is 0 Å². The number of rotatable bonds is 6. The van der Waals surface area contributed by atoms with Crippen molar-refractivity contribution in [3.63, 3.8) is 0 Å². The first-order chi connectivity index (χ1) is 8.11. The minimum Gasteiger partial charge on any atom is -0.495 e. The SMILES string of the molecule is COc1ccccc1S(=O)(=O)CCCN=[N+]=[N-]. The lowest BCUT2D eigenvalue weighted by Gasteiger charge is -2.08. The van der Waals surface area contributed by atoms with Gasteiger partial charge in [0.1, 0.15) is 10.6 Å². The Balaban J connectivity index is 2.85. The smallest absolute Gasteiger partial charge is 0.182 e. The fraction of sp³-hybridized carbons (Fsp3) is 0.400. The molecule has 0 bridgehead atoms. The van der Waals surface area contributed by atoms with Crippen molar-refractivity contribution < 1.29 is 13.2 Å². The number of methoxy groups -OCH3 is 1. The molecule has 6 nitrogen and oxygen atoms in total. The van der Waals surface area contributed by atoms with Gasteiger partial charge in [0.05, 0.1) is 12.9 Å². The minimum atomic E-state index is -3.39. The summed E-state index contributed by atoms with van der Waals surface area (Å²) in [5, 5.41) is 3.30. The molecule has 1 aromatic carbocycles. The summed E-state index contributed by atoms with van der Waals surface area (Å²) in [6, 6.07) is 6.45. The molecular formula is C10H13N3O3S. The number of hydrogen-bond acceptors (Lipinski definition) is 4. The molecule has 0 saturated heterocycles. The van der Waals surface area contributed by atoms with E-state index in [0.29, 0.717) is 12.2 Å². The van der Waals surface area contributed by atoms with Crippen molar-refractivity contribution in [2.45, 2.75) is 11.3 Å². The van der Waals surface area contributed by atoms with Crippen LogP contribution in [-0.4, -0.2) is 27.8 Å². The van der Waals surface area contributed by atoms with Crippen LogP contribution in [0.5, 0.6) is 5.75 Å². The van der Waals surface area contributed by atoms with E-state index in [9.17, 15) is 8.42 Å². The highest BCUT2D eigenvalue weighted by atomic mass is 32.2. The summed E-state index contributed by atoms with van der Waals surface area (Å²) in [5.74, 6) is 0.267. The number of sulfone groups is 1. The van der Waals surface area contributed by atoms with Gasteiger partial charge in [0.2, 0.25) is 0 Å². The molecule has 7 heteroatoms. The first-order valence-electron chi connectivity index (χ1n) is 4.98. The lowest BCUT2D eigenvalue weighted by molar-refractivity contribution is 0.402. The third-order valence-corrected chi connectivity index (χ3v) is 3.97. The molecule has 0 atom stereocenters. The normalized spacial score (nSPS) is 10.6. The second kappa shape index (κ2) is 6.12. The van der Waals surface area contributed by atoms with E-state index < -0.39 is 9.84 Å². The fourth-order valence-electron chi connectivity index (χ4n) is 1.36. The maximum absolute atomic E-state index is 12.0. The van der Waals surface area contributed by atoms with Gasteiger partial charge in [-0.2, -0.15) is 0 Å². The molecule has 0 spiro atoms. The van der Waals surface area contributed by atoms with Gasteiger partial charge in [-0.25, -0.2) is 8.42 Å². The Labute approximate surface area is 99.8 Å². The number of hydrogen-bond donors (Lipinski definition) is 0. The van der Waals surface area contributed by atoms with Crippen LogP contribution in [0, 0.1) is 0 Å². The van der Waals surface area contributed by atoms with Crippen molar-refractivity contribution in [2.24, 2.45) is 5.11 Å². The zero-order valence-corrected chi connectivity index (χ0v) is 10.2. The van der Waals surface area contributed by atoms with Crippen LogP contribution in [0.2, 0.25) is 0 Å². The predicted octanol–water partition coefficient (Wildman–Crippen LogP) is 2.17. The maximum Gasteiger partial charge on any atom is 0.182 e. The molecule has 0 radical (unpaired) electrons. The van der Waals surface area contributed by atoms with Crippen LogP contribution < -0.4 is 4.74 Å². The highest BCUT2D eigenvalue weighted by Crippen LogP contribution is 2.24. The highest BCUT2D eigenvalue weighted by molar-refractivity contribution is 7.91. The van der Waals surface area contributed by atoms with Crippen LogP contribution in [0.1, 0.15) is 6.42 Å². The quantitative estimate of drug-likeness (QED) is 0.337. The molecule has 0 aliphatic heterocycles. The van der Waals surface area contributed by atoms with Gasteiger partial charge >= 0.3 is 0 Å². The van der Waals surface area contributed by atoms with E-state index >= 15 is 0 Å². The summed E-state index contributed by atoms with van der Waals surface area (Å²) >= 11 is 0. The number of nitrogens with zero attached hydrogens (tertiary/aromatic N) is 3. The topological polar surface area (TPSA) is 92.1 Å². The van der Waals surface area contributed by atoms with E-state index in [1.54, 1.807) is 18.2 Å². The van der Waals surface area contributed by atoms with E-state index in [2.05, 4.69) is 10.0 Å². The molecule has 0 unspecified atom stereocenters. The Morgan fingerprint density at radius 2 is 2.12 bits per heavy atom. The van der Waals surface area contributed by atoms with Crippen molar-refractivity contribution in [3.8, 4) is 5.75 Å². The van der Waals surface area contributed by atoms with E-state index in [0.717, 1.165) is 0 Å². The molecule has 0 heterocycles. The highest BCUT2D eigenvalue weighted by Gasteiger charge is 2.18. The molecule has 17 heavy (non-hydrogen) atoms. The zero-order chi connectivity index (χ0) is 12.7. The molecule has 0 fully saturated rings. The van der Waals surface area contributed by atoms with Crippen molar-refractivity contribution in [2.75, 3.05) is 19.4 Å². The molecule has 0 aliphatic carbocycles. The monoisotopic (exact) mass is 255 g/mol. The van der Waals surface area contributed by atoms with Crippen LogP contribution in [0.15, 0.2) is 34.3 Å². The fourth-order valence-corrected chi connectivity index (χ4v) is 2.83. The Kier molecular flexibility index (Phi) is 4.81. The summed E-state index contributed by atoms with van der Waals surface area (Å²) in [5.41, 5.74) is 8.08. The first-order valence-corrected chi connectivity index (χ1v) is 6.63. The van der Waals surface area contributed by atoms with E-state index in [1.165, 1.54) is 13.2 Å². The maximum atomic E-state index is 12.0. The van der Waals surface area contributed by atoms with Crippen molar-refractivity contribution in [3.05, 3.63) is 34.7 Å². The summed E-state index contributed by atoms with van der Waals surface area (Å²) in [6.45, 7) is 0.172. The number of azide groups is 1. The van der Waals surface area contributed by atoms with Crippen LogP contribution in [0.4, 0.5) is 0 Å². The Morgan fingerprint density at radius 3 is 2.76 bits per heavy atom. The predicted molar refractivity (Wildman–Crippen MR) is 63.7 cm³/mol. The third kappa shape index (κ3) is 3.65. The number of benzene rings is 1. The van der Waals surface area contributed by atoms with Crippen LogP contribution in [0.25, 0.3) is 10.4 Å². The zero-order valence-electron chi connectivity index (χ0n) is 9.41. The Morgan fingerprint density at radius 1 is 1.41 bits per heavy atom. The standard InChI is InChI=1S/C10H13N3O3S/c1-16-9-5-2-3-6-10(9)17(14,15)8-4-7-12-13-11/h2-3,5-6H,4,7-8H2,1H3. The second-order valence-corrected chi connectivity index (χ2v) is 5.36. The van der Waals surface area contributed by atoms with Gasteiger partial charge in [0.15, 0.2) is 9.84 Å². The first kappa shape index (κ1) is 13.3. The molecule has 92 valence electrons. The van der Waals surface area contributed by atoms with Gasteiger partial charge in [0.25, 0.3) is 0 Å². The van der Waals surface area contributed by atoms with Gasteiger partial charge in [0, 0.05) is 11.5 Å². The van der Waals surface area contributed by atoms with Crippen molar-refractivity contribution in [1.29, 1.82) is 0 Å². The van der Waals surface area contributed by atoms with E-state index in [1.807, 2.05) is 0 Å². The second-order valence-electron chi connectivity index (χ2n) is 3.28.